The highest BCUT2D eigenvalue weighted by Crippen LogP contribution is 2.36. The molecular formula is C19H25ClF3N3O3. The van der Waals surface area contributed by atoms with Gasteiger partial charge in [0, 0.05) is 31.2 Å². The number of hydrogen-bond donors (Lipinski definition) is 1. The minimum absolute atomic E-state index is 0.0627. The van der Waals surface area contributed by atoms with Crippen LogP contribution in [-0.4, -0.2) is 61.1 Å². The first-order valence-corrected chi connectivity index (χ1v) is 9.74. The Morgan fingerprint density at radius 2 is 1.93 bits per heavy atom. The second-order valence-corrected chi connectivity index (χ2v) is 7.76. The van der Waals surface area contributed by atoms with Crippen LogP contribution in [0.2, 0.25) is 5.02 Å². The van der Waals surface area contributed by atoms with Crippen LogP contribution in [0.5, 0.6) is 0 Å². The molecule has 0 atom stereocenters. The monoisotopic (exact) mass is 435 g/mol. The van der Waals surface area contributed by atoms with Crippen molar-refractivity contribution in [3.05, 3.63) is 28.8 Å². The van der Waals surface area contributed by atoms with Gasteiger partial charge in [-0.2, -0.15) is 13.2 Å². The number of alkyl halides is 3. The van der Waals surface area contributed by atoms with Crippen LogP contribution in [0, 0.1) is 5.92 Å². The summed E-state index contributed by atoms with van der Waals surface area (Å²) < 4.78 is 44.7. The van der Waals surface area contributed by atoms with Gasteiger partial charge in [0.1, 0.15) is 0 Å². The van der Waals surface area contributed by atoms with Gasteiger partial charge in [-0.25, -0.2) is 4.79 Å². The Kier molecular flexibility index (Phi) is 8.15. The number of carbonyl (C=O) groups is 2. The van der Waals surface area contributed by atoms with E-state index in [1.165, 1.54) is 6.07 Å². The van der Waals surface area contributed by atoms with E-state index in [2.05, 4.69) is 5.32 Å². The van der Waals surface area contributed by atoms with Crippen molar-refractivity contribution in [3.63, 3.8) is 0 Å². The van der Waals surface area contributed by atoms with Crippen molar-refractivity contribution >= 4 is 29.3 Å². The topological polar surface area (TPSA) is 61.9 Å². The second kappa shape index (κ2) is 10.2. The van der Waals surface area contributed by atoms with Crippen LogP contribution in [0.25, 0.3) is 0 Å². The van der Waals surface area contributed by atoms with E-state index >= 15 is 0 Å². The number of carbonyl (C=O) groups excluding carboxylic acids is 2. The molecule has 1 fully saturated rings. The fourth-order valence-corrected chi connectivity index (χ4v) is 3.07. The molecule has 1 aliphatic rings. The van der Waals surface area contributed by atoms with E-state index in [0.717, 1.165) is 12.1 Å². The lowest BCUT2D eigenvalue weighted by Crippen LogP contribution is -2.38. The predicted molar refractivity (Wildman–Crippen MR) is 104 cm³/mol. The summed E-state index contributed by atoms with van der Waals surface area (Å²) in [5, 5.41) is 2.25. The lowest BCUT2D eigenvalue weighted by atomic mass is 10.1. The molecule has 29 heavy (non-hydrogen) atoms. The first-order chi connectivity index (χ1) is 13.6. The minimum atomic E-state index is -4.63. The van der Waals surface area contributed by atoms with Crippen LogP contribution in [-0.2, 0) is 15.7 Å². The Morgan fingerprint density at radius 1 is 1.21 bits per heavy atom. The molecule has 1 aliphatic heterocycles. The van der Waals surface area contributed by atoms with E-state index < -0.39 is 17.6 Å². The summed E-state index contributed by atoms with van der Waals surface area (Å²) in [6.45, 7) is 6.02. The Morgan fingerprint density at radius 3 is 2.59 bits per heavy atom. The Hall–Kier alpha value is -2.00. The summed E-state index contributed by atoms with van der Waals surface area (Å²) in [6.07, 6.45) is -4.38. The molecule has 1 aromatic carbocycles. The number of hydrogen-bond acceptors (Lipinski definition) is 4. The van der Waals surface area contributed by atoms with Crippen LogP contribution in [0.4, 0.5) is 23.7 Å². The van der Waals surface area contributed by atoms with Gasteiger partial charge in [-0.1, -0.05) is 25.4 Å². The van der Waals surface area contributed by atoms with Gasteiger partial charge in [-0.3, -0.25) is 9.69 Å². The fourth-order valence-electron chi connectivity index (χ4n) is 2.89. The molecule has 2 rings (SSSR count). The van der Waals surface area contributed by atoms with Gasteiger partial charge in [-0.05, 0) is 30.5 Å². The minimum Gasteiger partial charge on any atom is -0.449 e. The van der Waals surface area contributed by atoms with Crippen LogP contribution in [0.3, 0.4) is 0 Å². The molecule has 0 radical (unpaired) electrons. The maximum atomic E-state index is 13.2. The van der Waals surface area contributed by atoms with E-state index in [9.17, 15) is 22.8 Å². The van der Waals surface area contributed by atoms with Crippen molar-refractivity contribution in [2.24, 2.45) is 5.92 Å². The van der Waals surface area contributed by atoms with Crippen molar-refractivity contribution in [1.29, 1.82) is 0 Å². The van der Waals surface area contributed by atoms with E-state index in [1.54, 1.807) is 9.80 Å². The van der Waals surface area contributed by atoms with Crippen LogP contribution in [0.15, 0.2) is 18.2 Å². The largest absolute Gasteiger partial charge is 0.449 e. The lowest BCUT2D eigenvalue weighted by Gasteiger charge is -2.22. The molecule has 6 nitrogen and oxygen atoms in total. The average molecular weight is 436 g/mol. The van der Waals surface area contributed by atoms with Crippen LogP contribution < -0.4 is 5.32 Å². The summed E-state index contributed by atoms with van der Waals surface area (Å²) >= 11 is 5.65. The maximum Gasteiger partial charge on any atom is 0.418 e. The van der Waals surface area contributed by atoms with Gasteiger partial charge in [0.15, 0.2) is 0 Å². The maximum absolute atomic E-state index is 13.2. The zero-order valence-corrected chi connectivity index (χ0v) is 17.1. The molecule has 1 heterocycles. The standard InChI is InChI=1S/C19H25ClF3N3O3/c1-13(2)12-29-18(28)26-7-3-6-25(8-9-26)11-17(27)24-16-5-4-14(20)10-15(16)19(21,22)23/h4-5,10,13H,3,6-9,11-12H2,1-2H3,(H,24,27). The second-order valence-electron chi connectivity index (χ2n) is 7.32. The molecule has 162 valence electrons. The van der Waals surface area contributed by atoms with Crippen molar-refractivity contribution < 1.29 is 27.5 Å². The van der Waals surface area contributed by atoms with Gasteiger partial charge in [0.2, 0.25) is 5.91 Å². The smallest absolute Gasteiger partial charge is 0.418 e. The van der Waals surface area contributed by atoms with Crippen molar-refractivity contribution in [3.8, 4) is 0 Å². The number of rotatable bonds is 5. The van der Waals surface area contributed by atoms with Crippen molar-refractivity contribution in [2.45, 2.75) is 26.4 Å². The molecule has 0 spiro atoms. The number of anilines is 1. The highest BCUT2D eigenvalue weighted by atomic mass is 35.5. The highest BCUT2D eigenvalue weighted by Gasteiger charge is 2.34. The van der Waals surface area contributed by atoms with E-state index in [-0.39, 0.29) is 29.3 Å². The van der Waals surface area contributed by atoms with Crippen LogP contribution in [0.1, 0.15) is 25.8 Å². The molecule has 1 aromatic rings. The molecule has 0 saturated carbocycles. The van der Waals surface area contributed by atoms with Gasteiger partial charge >= 0.3 is 12.3 Å². The molecule has 0 bridgehead atoms. The number of amides is 2. The van der Waals surface area contributed by atoms with Gasteiger partial charge < -0.3 is 15.0 Å². The zero-order valence-electron chi connectivity index (χ0n) is 16.4. The molecule has 0 aliphatic carbocycles. The zero-order chi connectivity index (χ0) is 21.6. The number of halogens is 4. The number of ether oxygens (including phenoxy) is 1. The summed E-state index contributed by atoms with van der Waals surface area (Å²) in [5.41, 5.74) is -1.33. The number of benzene rings is 1. The Labute approximate surface area is 172 Å². The van der Waals surface area contributed by atoms with Gasteiger partial charge in [-0.15, -0.1) is 0 Å². The third-order valence-electron chi connectivity index (χ3n) is 4.32. The molecule has 0 aromatic heterocycles. The SMILES string of the molecule is CC(C)COC(=O)N1CCCN(CC(=O)Nc2ccc(Cl)cc2C(F)(F)F)CC1. The molecule has 1 N–H and O–H groups in total. The normalized spacial score (nSPS) is 15.9. The predicted octanol–water partition coefficient (Wildman–Crippen LogP) is 4.10. The highest BCUT2D eigenvalue weighted by molar-refractivity contribution is 6.30. The fraction of sp³-hybridized carbons (Fsp3) is 0.579. The Bertz CT molecular complexity index is 728. The average Bonchev–Trinajstić information content (AvgIpc) is 2.86. The molecule has 10 heteroatoms. The molecular weight excluding hydrogens is 411 g/mol. The third kappa shape index (κ3) is 7.40. The van der Waals surface area contributed by atoms with E-state index in [4.69, 9.17) is 16.3 Å². The van der Waals surface area contributed by atoms with E-state index in [1.807, 2.05) is 13.8 Å². The summed E-state index contributed by atoms with van der Waals surface area (Å²) in [6, 6.07) is 3.21. The van der Waals surface area contributed by atoms with Crippen molar-refractivity contribution in [2.75, 3.05) is 44.6 Å². The first kappa shape index (κ1) is 23.3. The Balaban J connectivity index is 1.91. The van der Waals surface area contributed by atoms with Gasteiger partial charge in [0.05, 0.1) is 24.4 Å². The summed E-state index contributed by atoms with van der Waals surface area (Å²) in [5.74, 6) is -0.325. The van der Waals surface area contributed by atoms with E-state index in [0.29, 0.717) is 39.2 Å². The third-order valence-corrected chi connectivity index (χ3v) is 4.55. The molecule has 2 amide bonds. The summed E-state index contributed by atoms with van der Waals surface area (Å²) in [7, 11) is 0. The number of nitrogens with zero attached hydrogens (tertiary/aromatic N) is 2. The molecule has 0 unspecified atom stereocenters. The quantitative estimate of drug-likeness (QED) is 0.756. The summed E-state index contributed by atoms with van der Waals surface area (Å²) in [4.78, 5) is 27.7. The van der Waals surface area contributed by atoms with Crippen LogP contribution >= 0.6 is 11.6 Å². The van der Waals surface area contributed by atoms with Gasteiger partial charge in [0.25, 0.3) is 0 Å². The lowest BCUT2D eigenvalue weighted by molar-refractivity contribution is -0.137. The molecule has 1 saturated heterocycles. The van der Waals surface area contributed by atoms with Crippen molar-refractivity contribution in [1.82, 2.24) is 9.80 Å². The number of nitrogens with one attached hydrogen (secondary N) is 1. The first-order valence-electron chi connectivity index (χ1n) is 9.37.